The predicted molar refractivity (Wildman–Crippen MR) is 141 cm³/mol. The van der Waals surface area contributed by atoms with E-state index in [1.807, 2.05) is 36.4 Å². The molecule has 0 spiro atoms. The third kappa shape index (κ3) is 5.66. The third-order valence-corrected chi connectivity index (χ3v) is 7.00. The monoisotopic (exact) mass is 500 g/mol. The normalized spacial score (nSPS) is 17.5. The van der Waals surface area contributed by atoms with Crippen LogP contribution in [0, 0.1) is 11.8 Å². The number of hydrogen-bond donors (Lipinski definition) is 2. The number of benzene rings is 1. The molecular formula is C28H32N6O3. The molecule has 1 aliphatic rings. The van der Waals surface area contributed by atoms with E-state index in [2.05, 4.69) is 27.3 Å². The third-order valence-electron chi connectivity index (χ3n) is 7.00. The largest absolute Gasteiger partial charge is 0.493 e. The summed E-state index contributed by atoms with van der Waals surface area (Å²) in [4.78, 5) is 21.8. The van der Waals surface area contributed by atoms with Gasteiger partial charge in [-0.15, -0.1) is 5.10 Å². The van der Waals surface area contributed by atoms with E-state index < -0.39 is 0 Å². The molecule has 4 aromatic rings. The highest BCUT2D eigenvalue weighted by molar-refractivity contribution is 5.97. The number of ether oxygens (including phenoxy) is 2. The molecule has 3 N–H and O–H groups in total. The average Bonchev–Trinajstić information content (AvgIpc) is 3.30. The number of rotatable bonds is 8. The van der Waals surface area contributed by atoms with Gasteiger partial charge in [0.15, 0.2) is 5.65 Å². The van der Waals surface area contributed by atoms with Crippen molar-refractivity contribution in [3.05, 3.63) is 66.0 Å². The number of fused-ring (bicyclic) bond motifs is 1. The summed E-state index contributed by atoms with van der Waals surface area (Å²) in [5, 5.41) is 7.10. The van der Waals surface area contributed by atoms with Crippen LogP contribution in [0.1, 0.15) is 48.5 Å². The van der Waals surface area contributed by atoms with Crippen LogP contribution < -0.4 is 20.5 Å². The van der Waals surface area contributed by atoms with E-state index in [4.69, 9.17) is 15.2 Å². The second-order valence-corrected chi connectivity index (χ2v) is 9.70. The van der Waals surface area contributed by atoms with Gasteiger partial charge in [-0.1, -0.05) is 38.0 Å². The molecule has 0 radical (unpaired) electrons. The van der Waals surface area contributed by atoms with Crippen molar-refractivity contribution < 1.29 is 14.3 Å². The number of carbonyl (C=O) groups is 1. The number of nitrogen functional groups attached to an aromatic ring is 1. The van der Waals surface area contributed by atoms with E-state index in [1.165, 1.54) is 32.8 Å². The molecule has 1 fully saturated rings. The molecule has 0 aliphatic heterocycles. The van der Waals surface area contributed by atoms with E-state index in [1.54, 1.807) is 23.0 Å². The van der Waals surface area contributed by atoms with Crippen molar-refractivity contribution >= 4 is 17.5 Å². The first kappa shape index (κ1) is 24.5. The Morgan fingerprint density at radius 3 is 2.76 bits per heavy atom. The standard InChI is InChI=1S/C28H32N6O3/c1-18-7-9-19(10-8-18)17-37-24-6-4-3-5-21(24)15-30-26(35)23-13-22(16-31-27(23)36-2)20-11-12-34-25(14-20)32-28(29)33-34/h3-6,11-14,16,18-19H,7-10,15,17H2,1-2H3,(H2,29,33)(H,30,35). The van der Waals surface area contributed by atoms with Crippen LogP contribution in [-0.2, 0) is 6.54 Å². The van der Waals surface area contributed by atoms with Crippen molar-refractivity contribution in [3.63, 3.8) is 0 Å². The summed E-state index contributed by atoms with van der Waals surface area (Å²) >= 11 is 0. The Labute approximate surface area is 216 Å². The molecule has 9 nitrogen and oxygen atoms in total. The number of para-hydroxylation sites is 1. The van der Waals surface area contributed by atoms with Crippen LogP contribution in [0.5, 0.6) is 11.6 Å². The van der Waals surface area contributed by atoms with Gasteiger partial charge in [0.25, 0.3) is 5.91 Å². The average molecular weight is 501 g/mol. The molecule has 0 saturated heterocycles. The number of carbonyl (C=O) groups excluding carboxylic acids is 1. The summed E-state index contributed by atoms with van der Waals surface area (Å²) in [5.41, 5.74) is 9.16. The first-order valence-electron chi connectivity index (χ1n) is 12.7. The molecule has 0 unspecified atom stereocenters. The maximum atomic E-state index is 13.2. The van der Waals surface area contributed by atoms with E-state index >= 15 is 0 Å². The van der Waals surface area contributed by atoms with E-state index in [9.17, 15) is 4.79 Å². The minimum absolute atomic E-state index is 0.197. The number of nitrogens with one attached hydrogen (secondary N) is 1. The predicted octanol–water partition coefficient (Wildman–Crippen LogP) is 4.52. The molecule has 3 aromatic heterocycles. The number of nitrogens with two attached hydrogens (primary N) is 1. The lowest BCUT2D eigenvalue weighted by molar-refractivity contribution is 0.0946. The molecule has 9 heteroatoms. The van der Waals surface area contributed by atoms with Crippen molar-refractivity contribution in [2.45, 2.75) is 39.2 Å². The Morgan fingerprint density at radius 1 is 1.14 bits per heavy atom. The molecule has 192 valence electrons. The molecular weight excluding hydrogens is 468 g/mol. The van der Waals surface area contributed by atoms with Crippen LogP contribution >= 0.6 is 0 Å². The Morgan fingerprint density at radius 2 is 1.95 bits per heavy atom. The summed E-state index contributed by atoms with van der Waals surface area (Å²) in [6.07, 6.45) is 8.38. The number of methoxy groups -OCH3 is 1. The Hall–Kier alpha value is -4.14. The summed E-state index contributed by atoms with van der Waals surface area (Å²) in [5.74, 6) is 2.38. The quantitative estimate of drug-likeness (QED) is 0.365. The van der Waals surface area contributed by atoms with Gasteiger partial charge in [-0.3, -0.25) is 4.79 Å². The second kappa shape index (κ2) is 10.9. The van der Waals surface area contributed by atoms with Crippen LogP contribution in [0.15, 0.2) is 54.9 Å². The lowest BCUT2D eigenvalue weighted by Crippen LogP contribution is -2.24. The van der Waals surface area contributed by atoms with Crippen molar-refractivity contribution in [2.75, 3.05) is 19.5 Å². The van der Waals surface area contributed by atoms with Gasteiger partial charge in [0.2, 0.25) is 11.8 Å². The minimum atomic E-state index is -0.282. The summed E-state index contributed by atoms with van der Waals surface area (Å²) in [6, 6.07) is 13.3. The van der Waals surface area contributed by atoms with Crippen LogP contribution in [0.3, 0.4) is 0 Å². The molecule has 0 bridgehead atoms. The van der Waals surface area contributed by atoms with Gasteiger partial charge >= 0.3 is 0 Å². The zero-order valence-electron chi connectivity index (χ0n) is 21.2. The van der Waals surface area contributed by atoms with Gasteiger partial charge in [-0.05, 0) is 54.5 Å². The minimum Gasteiger partial charge on any atom is -0.493 e. The zero-order valence-corrected chi connectivity index (χ0v) is 21.2. The lowest BCUT2D eigenvalue weighted by atomic mass is 9.83. The van der Waals surface area contributed by atoms with Gasteiger partial charge in [-0.2, -0.15) is 4.98 Å². The van der Waals surface area contributed by atoms with Crippen LogP contribution in [-0.4, -0.2) is 39.2 Å². The molecule has 3 heterocycles. The molecule has 1 aromatic carbocycles. The molecule has 1 saturated carbocycles. The maximum absolute atomic E-state index is 13.2. The number of amides is 1. The van der Waals surface area contributed by atoms with Gasteiger partial charge < -0.3 is 20.5 Å². The van der Waals surface area contributed by atoms with Gasteiger partial charge in [0, 0.05) is 30.1 Å². The fraction of sp³-hybridized carbons (Fsp3) is 0.357. The summed E-state index contributed by atoms with van der Waals surface area (Å²) in [6.45, 7) is 3.36. The lowest BCUT2D eigenvalue weighted by Gasteiger charge is -2.26. The highest BCUT2D eigenvalue weighted by Crippen LogP contribution is 2.30. The number of anilines is 1. The Balaban J connectivity index is 1.29. The topological polar surface area (TPSA) is 117 Å². The maximum Gasteiger partial charge on any atom is 0.257 e. The zero-order chi connectivity index (χ0) is 25.8. The van der Waals surface area contributed by atoms with Crippen molar-refractivity contribution in [1.29, 1.82) is 0 Å². The fourth-order valence-electron chi connectivity index (χ4n) is 4.78. The van der Waals surface area contributed by atoms with Gasteiger partial charge in [0.05, 0.1) is 13.7 Å². The molecule has 1 aliphatic carbocycles. The van der Waals surface area contributed by atoms with Crippen LogP contribution in [0.2, 0.25) is 0 Å². The SMILES string of the molecule is COc1ncc(-c2ccn3nc(N)nc3c2)cc1C(=O)NCc1ccccc1OCC1CCC(C)CC1. The highest BCUT2D eigenvalue weighted by atomic mass is 16.5. The number of nitrogens with zero attached hydrogens (tertiary/aromatic N) is 4. The van der Waals surface area contributed by atoms with E-state index in [0.717, 1.165) is 28.4 Å². The Kier molecular flexibility index (Phi) is 7.20. The molecule has 0 atom stereocenters. The van der Waals surface area contributed by atoms with Crippen molar-refractivity contribution in [2.24, 2.45) is 11.8 Å². The summed E-state index contributed by atoms with van der Waals surface area (Å²) in [7, 11) is 1.50. The van der Waals surface area contributed by atoms with E-state index in [-0.39, 0.29) is 17.7 Å². The van der Waals surface area contributed by atoms with E-state index in [0.29, 0.717) is 30.3 Å². The fourth-order valence-corrected chi connectivity index (χ4v) is 4.78. The number of aromatic nitrogens is 4. The summed E-state index contributed by atoms with van der Waals surface area (Å²) < 4.78 is 13.2. The highest BCUT2D eigenvalue weighted by Gasteiger charge is 2.20. The van der Waals surface area contributed by atoms with Gasteiger partial charge in [0.1, 0.15) is 11.3 Å². The van der Waals surface area contributed by atoms with Gasteiger partial charge in [-0.25, -0.2) is 9.50 Å². The van der Waals surface area contributed by atoms with Crippen molar-refractivity contribution in [3.8, 4) is 22.8 Å². The van der Waals surface area contributed by atoms with Crippen LogP contribution in [0.25, 0.3) is 16.8 Å². The molecule has 37 heavy (non-hydrogen) atoms. The molecule has 5 rings (SSSR count). The first-order valence-corrected chi connectivity index (χ1v) is 12.7. The molecule has 1 amide bonds. The smallest absolute Gasteiger partial charge is 0.257 e. The first-order chi connectivity index (χ1) is 18.0. The number of pyridine rings is 2. The van der Waals surface area contributed by atoms with Crippen molar-refractivity contribution in [1.82, 2.24) is 24.9 Å². The van der Waals surface area contributed by atoms with Crippen LogP contribution in [0.4, 0.5) is 5.95 Å². The Bertz CT molecular complexity index is 1390. The number of hydrogen-bond acceptors (Lipinski definition) is 7. The second-order valence-electron chi connectivity index (χ2n) is 9.70.